The van der Waals surface area contributed by atoms with Gasteiger partial charge in [-0.25, -0.2) is 4.79 Å². The lowest BCUT2D eigenvalue weighted by molar-refractivity contribution is 0.0593. The summed E-state index contributed by atoms with van der Waals surface area (Å²) < 4.78 is 11.9. The molecular formula is C22H17N5O3. The summed E-state index contributed by atoms with van der Waals surface area (Å²) in [6.07, 6.45) is 1.49. The van der Waals surface area contributed by atoms with Gasteiger partial charge in [0.2, 0.25) is 5.82 Å². The standard InChI is InChI=1S/C22H17N5O3/c1-13-7-3-4-8-15(13)20-25-21(30-26-20)16-9-5-6-10-17(16)27-12-14(11-23)18(24)19(27)22(28)29-2/h3-10,12H,24H2,1-2H3. The molecule has 0 spiro atoms. The van der Waals surface area contributed by atoms with Gasteiger partial charge in [0.1, 0.15) is 6.07 Å². The van der Waals surface area contributed by atoms with E-state index in [0.717, 1.165) is 11.1 Å². The molecule has 0 bridgehead atoms. The normalized spacial score (nSPS) is 10.6. The zero-order valence-electron chi connectivity index (χ0n) is 16.3. The number of hydrogen-bond acceptors (Lipinski definition) is 7. The van der Waals surface area contributed by atoms with E-state index in [1.807, 2.05) is 43.3 Å². The van der Waals surface area contributed by atoms with Crippen molar-refractivity contribution in [1.29, 1.82) is 5.26 Å². The highest BCUT2D eigenvalue weighted by molar-refractivity contribution is 5.96. The molecule has 8 heteroatoms. The van der Waals surface area contributed by atoms with Crippen molar-refractivity contribution in [1.82, 2.24) is 14.7 Å². The van der Waals surface area contributed by atoms with Gasteiger partial charge in [0.15, 0.2) is 5.69 Å². The number of nitrogens with two attached hydrogens (primary N) is 1. The second kappa shape index (κ2) is 7.56. The fourth-order valence-corrected chi connectivity index (χ4v) is 3.24. The summed E-state index contributed by atoms with van der Waals surface area (Å²) in [6.45, 7) is 1.97. The first-order chi connectivity index (χ1) is 14.5. The average molecular weight is 399 g/mol. The number of methoxy groups -OCH3 is 1. The molecule has 0 fully saturated rings. The number of rotatable bonds is 4. The van der Waals surface area contributed by atoms with Crippen molar-refractivity contribution < 1.29 is 14.1 Å². The minimum atomic E-state index is -0.657. The van der Waals surface area contributed by atoms with Crippen LogP contribution in [0.5, 0.6) is 0 Å². The SMILES string of the molecule is COC(=O)c1c(N)c(C#N)cn1-c1ccccc1-c1nc(-c2ccccc2C)no1. The third kappa shape index (κ3) is 3.08. The van der Waals surface area contributed by atoms with Crippen LogP contribution in [0, 0.1) is 18.3 Å². The topological polar surface area (TPSA) is 120 Å². The molecule has 0 saturated carbocycles. The van der Waals surface area contributed by atoms with Crippen molar-refractivity contribution in [2.24, 2.45) is 0 Å². The molecule has 2 N–H and O–H groups in total. The van der Waals surface area contributed by atoms with Crippen LogP contribution in [-0.4, -0.2) is 27.8 Å². The number of aromatic nitrogens is 3. The van der Waals surface area contributed by atoms with Crippen LogP contribution in [0.3, 0.4) is 0 Å². The molecular weight excluding hydrogens is 382 g/mol. The Morgan fingerprint density at radius 1 is 1.17 bits per heavy atom. The van der Waals surface area contributed by atoms with Gasteiger partial charge < -0.3 is 19.6 Å². The molecule has 4 aromatic rings. The highest BCUT2D eigenvalue weighted by atomic mass is 16.5. The van der Waals surface area contributed by atoms with E-state index in [1.165, 1.54) is 17.9 Å². The quantitative estimate of drug-likeness (QED) is 0.519. The molecule has 2 aromatic heterocycles. The van der Waals surface area contributed by atoms with Crippen LogP contribution in [-0.2, 0) is 4.74 Å². The summed E-state index contributed by atoms with van der Waals surface area (Å²) in [6, 6.07) is 16.9. The number of benzene rings is 2. The van der Waals surface area contributed by atoms with Crippen molar-refractivity contribution >= 4 is 11.7 Å². The van der Waals surface area contributed by atoms with Gasteiger partial charge in [-0.2, -0.15) is 10.2 Å². The van der Waals surface area contributed by atoms with E-state index in [4.69, 9.17) is 15.0 Å². The fourth-order valence-electron chi connectivity index (χ4n) is 3.24. The maximum atomic E-state index is 12.3. The van der Waals surface area contributed by atoms with Gasteiger partial charge in [-0.05, 0) is 24.6 Å². The van der Waals surface area contributed by atoms with E-state index in [1.54, 1.807) is 18.2 Å². The van der Waals surface area contributed by atoms with Gasteiger partial charge in [0.25, 0.3) is 5.89 Å². The molecule has 0 radical (unpaired) electrons. The lowest BCUT2D eigenvalue weighted by Crippen LogP contribution is -2.11. The number of ether oxygens (including phenoxy) is 1. The van der Waals surface area contributed by atoms with Gasteiger partial charge in [-0.1, -0.05) is 41.6 Å². The maximum Gasteiger partial charge on any atom is 0.357 e. The number of carbonyl (C=O) groups is 1. The molecule has 2 aromatic carbocycles. The minimum absolute atomic E-state index is 0.0466. The molecule has 0 atom stereocenters. The fraction of sp³-hybridized carbons (Fsp3) is 0.0909. The Labute approximate surface area is 172 Å². The number of carbonyl (C=O) groups excluding carboxylic acids is 1. The Morgan fingerprint density at radius 3 is 2.57 bits per heavy atom. The Hall–Kier alpha value is -4.38. The minimum Gasteiger partial charge on any atom is -0.464 e. The molecule has 30 heavy (non-hydrogen) atoms. The number of nitriles is 1. The molecule has 8 nitrogen and oxygen atoms in total. The predicted molar refractivity (Wildman–Crippen MR) is 110 cm³/mol. The second-order valence-corrected chi connectivity index (χ2v) is 6.53. The van der Waals surface area contributed by atoms with Crippen LogP contribution in [0.1, 0.15) is 21.6 Å². The summed E-state index contributed by atoms with van der Waals surface area (Å²) in [5.74, 6) is 0.0659. The van der Waals surface area contributed by atoms with Crippen molar-refractivity contribution in [3.63, 3.8) is 0 Å². The largest absolute Gasteiger partial charge is 0.464 e. The Balaban J connectivity index is 1.88. The number of anilines is 1. The summed E-state index contributed by atoms with van der Waals surface area (Å²) in [5.41, 5.74) is 9.28. The number of nitrogen functional groups attached to an aromatic ring is 1. The molecule has 0 saturated heterocycles. The van der Waals surface area contributed by atoms with Crippen molar-refractivity contribution in [2.75, 3.05) is 12.8 Å². The third-order valence-electron chi connectivity index (χ3n) is 4.75. The monoisotopic (exact) mass is 399 g/mol. The smallest absolute Gasteiger partial charge is 0.357 e. The zero-order chi connectivity index (χ0) is 21.3. The van der Waals surface area contributed by atoms with Crippen LogP contribution < -0.4 is 5.73 Å². The van der Waals surface area contributed by atoms with Crippen LogP contribution in [0.2, 0.25) is 0 Å². The average Bonchev–Trinajstić information content (AvgIpc) is 3.38. The molecule has 0 unspecified atom stereocenters. The first kappa shape index (κ1) is 19.0. The number of nitrogens with zero attached hydrogens (tertiary/aromatic N) is 4. The Morgan fingerprint density at radius 2 is 1.87 bits per heavy atom. The summed E-state index contributed by atoms with van der Waals surface area (Å²) >= 11 is 0. The predicted octanol–water partition coefficient (Wildman–Crippen LogP) is 3.74. The molecule has 0 aliphatic rings. The first-order valence-electron chi connectivity index (χ1n) is 9.04. The van der Waals surface area contributed by atoms with Gasteiger partial charge in [-0.15, -0.1) is 0 Å². The second-order valence-electron chi connectivity index (χ2n) is 6.53. The van der Waals surface area contributed by atoms with Gasteiger partial charge in [0, 0.05) is 11.8 Å². The molecule has 0 amide bonds. The lowest BCUT2D eigenvalue weighted by atomic mass is 10.1. The van der Waals surface area contributed by atoms with E-state index in [2.05, 4.69) is 10.1 Å². The highest BCUT2D eigenvalue weighted by Gasteiger charge is 2.24. The molecule has 0 aliphatic heterocycles. The lowest BCUT2D eigenvalue weighted by Gasteiger charge is -2.11. The molecule has 0 aliphatic carbocycles. The van der Waals surface area contributed by atoms with Crippen LogP contribution in [0.4, 0.5) is 5.69 Å². The first-order valence-corrected chi connectivity index (χ1v) is 9.04. The maximum absolute atomic E-state index is 12.3. The number of para-hydroxylation sites is 1. The zero-order valence-corrected chi connectivity index (χ0v) is 16.3. The van der Waals surface area contributed by atoms with Crippen molar-refractivity contribution in [2.45, 2.75) is 6.92 Å². The summed E-state index contributed by atoms with van der Waals surface area (Å²) in [7, 11) is 1.25. The highest BCUT2D eigenvalue weighted by Crippen LogP contribution is 2.32. The van der Waals surface area contributed by atoms with Gasteiger partial charge in [0.05, 0.1) is 29.6 Å². The Bertz CT molecular complexity index is 1300. The number of aryl methyl sites for hydroxylation is 1. The van der Waals surface area contributed by atoms with Crippen molar-refractivity contribution in [3.05, 3.63) is 71.5 Å². The molecule has 4 rings (SSSR count). The van der Waals surface area contributed by atoms with E-state index < -0.39 is 5.97 Å². The Kier molecular flexibility index (Phi) is 4.78. The summed E-state index contributed by atoms with van der Waals surface area (Å²) in [4.78, 5) is 16.9. The number of esters is 1. The third-order valence-corrected chi connectivity index (χ3v) is 4.75. The van der Waals surface area contributed by atoms with Crippen LogP contribution >= 0.6 is 0 Å². The van der Waals surface area contributed by atoms with E-state index >= 15 is 0 Å². The van der Waals surface area contributed by atoms with E-state index in [-0.39, 0.29) is 22.8 Å². The molecule has 148 valence electrons. The summed E-state index contributed by atoms with van der Waals surface area (Å²) in [5, 5.41) is 13.5. The van der Waals surface area contributed by atoms with Crippen LogP contribution in [0.15, 0.2) is 59.3 Å². The number of hydrogen-bond donors (Lipinski definition) is 1. The van der Waals surface area contributed by atoms with Crippen LogP contribution in [0.25, 0.3) is 28.5 Å². The van der Waals surface area contributed by atoms with Crippen molar-refractivity contribution in [3.8, 4) is 34.6 Å². The van der Waals surface area contributed by atoms with E-state index in [0.29, 0.717) is 17.1 Å². The van der Waals surface area contributed by atoms with Gasteiger partial charge >= 0.3 is 5.97 Å². The van der Waals surface area contributed by atoms with Gasteiger partial charge in [-0.3, -0.25) is 0 Å². The van der Waals surface area contributed by atoms with E-state index in [9.17, 15) is 10.1 Å². The molecule has 2 heterocycles.